The Hall–Kier alpha value is -2.63. The average Bonchev–Trinajstić information content (AvgIpc) is 3.13. The van der Waals surface area contributed by atoms with Crippen molar-refractivity contribution in [2.75, 3.05) is 11.1 Å². The molecule has 6 nitrogen and oxygen atoms in total. The Kier molecular flexibility index (Phi) is 2.35. The predicted molar refractivity (Wildman–Crippen MR) is 77.3 cm³/mol. The molecule has 1 aliphatic carbocycles. The molecule has 1 saturated carbocycles. The van der Waals surface area contributed by atoms with E-state index in [1.165, 1.54) is 12.8 Å². The molecule has 0 spiro atoms. The van der Waals surface area contributed by atoms with Gasteiger partial charge in [-0.15, -0.1) is 0 Å². The second kappa shape index (κ2) is 4.19. The van der Waals surface area contributed by atoms with Gasteiger partial charge in [-0.25, -0.2) is 9.97 Å². The monoisotopic (exact) mass is 266 g/mol. The highest BCUT2D eigenvalue weighted by molar-refractivity contribution is 5.70. The van der Waals surface area contributed by atoms with Crippen LogP contribution in [0.2, 0.25) is 0 Å². The van der Waals surface area contributed by atoms with E-state index >= 15 is 0 Å². The molecule has 0 atom stereocenters. The number of anilines is 2. The quantitative estimate of drug-likeness (QED) is 0.757. The molecule has 6 heteroatoms. The first-order valence-electron chi connectivity index (χ1n) is 6.61. The highest BCUT2D eigenvalue weighted by atomic mass is 15.1. The molecular weight excluding hydrogens is 252 g/mol. The van der Waals surface area contributed by atoms with Crippen molar-refractivity contribution in [3.63, 3.8) is 0 Å². The van der Waals surface area contributed by atoms with Crippen LogP contribution in [-0.2, 0) is 0 Å². The normalized spacial score (nSPS) is 14.6. The Morgan fingerprint density at radius 2 is 2.20 bits per heavy atom. The average molecular weight is 266 g/mol. The molecule has 0 aromatic carbocycles. The largest absolute Gasteiger partial charge is 0.397 e. The van der Waals surface area contributed by atoms with Gasteiger partial charge in [0.1, 0.15) is 0 Å². The lowest BCUT2D eigenvalue weighted by Crippen LogP contribution is -2.06. The van der Waals surface area contributed by atoms with E-state index < -0.39 is 0 Å². The molecule has 3 aromatic rings. The van der Waals surface area contributed by atoms with Crippen molar-refractivity contribution in [1.29, 1.82) is 0 Å². The van der Waals surface area contributed by atoms with Gasteiger partial charge in [0.15, 0.2) is 11.5 Å². The van der Waals surface area contributed by atoms with Crippen molar-refractivity contribution in [3.05, 3.63) is 37.1 Å². The summed E-state index contributed by atoms with van der Waals surface area (Å²) >= 11 is 0. The molecule has 3 aromatic heterocycles. The predicted octanol–water partition coefficient (Wildman–Crippen LogP) is 1.95. The molecule has 3 heterocycles. The second-order valence-corrected chi connectivity index (χ2v) is 5.06. The van der Waals surface area contributed by atoms with Crippen molar-refractivity contribution >= 4 is 17.2 Å². The summed E-state index contributed by atoms with van der Waals surface area (Å²) in [5, 5.41) is 3.42. The minimum atomic E-state index is 0.525. The summed E-state index contributed by atoms with van der Waals surface area (Å²) in [6.45, 7) is 0. The van der Waals surface area contributed by atoms with Gasteiger partial charge in [0.05, 0.1) is 11.4 Å². The highest BCUT2D eigenvalue weighted by Crippen LogP contribution is 2.28. The lowest BCUT2D eigenvalue weighted by atomic mass is 10.2. The Morgan fingerprint density at radius 3 is 3.00 bits per heavy atom. The third kappa shape index (κ3) is 1.95. The number of nitrogens with two attached hydrogens (primary N) is 1. The lowest BCUT2D eigenvalue weighted by molar-refractivity contribution is 1.07. The maximum atomic E-state index is 5.79. The zero-order valence-corrected chi connectivity index (χ0v) is 10.8. The zero-order chi connectivity index (χ0) is 13.5. The smallest absolute Gasteiger partial charge is 0.180 e. The van der Waals surface area contributed by atoms with Crippen LogP contribution < -0.4 is 11.1 Å². The Labute approximate surface area is 115 Å². The van der Waals surface area contributed by atoms with Crippen molar-refractivity contribution in [2.24, 2.45) is 0 Å². The molecule has 4 rings (SSSR count). The first-order valence-corrected chi connectivity index (χ1v) is 6.61. The number of hydrogen-bond donors (Lipinski definition) is 2. The molecule has 0 amide bonds. The maximum Gasteiger partial charge on any atom is 0.180 e. The summed E-state index contributed by atoms with van der Waals surface area (Å²) in [6, 6.07) is 2.40. The van der Waals surface area contributed by atoms with Crippen LogP contribution in [0.3, 0.4) is 0 Å². The molecule has 0 saturated heterocycles. The van der Waals surface area contributed by atoms with Crippen LogP contribution in [0, 0.1) is 0 Å². The molecule has 1 aliphatic rings. The second-order valence-electron chi connectivity index (χ2n) is 5.06. The van der Waals surface area contributed by atoms with Crippen molar-refractivity contribution in [3.8, 4) is 11.3 Å². The summed E-state index contributed by atoms with van der Waals surface area (Å²) in [4.78, 5) is 13.1. The number of aromatic nitrogens is 4. The molecule has 3 N–H and O–H groups in total. The maximum absolute atomic E-state index is 5.79. The van der Waals surface area contributed by atoms with Crippen LogP contribution in [0.4, 0.5) is 11.5 Å². The fraction of sp³-hybridized carbons (Fsp3) is 0.214. The topological polar surface area (TPSA) is 81.1 Å². The summed E-state index contributed by atoms with van der Waals surface area (Å²) in [5.41, 5.74) is 9.00. The van der Waals surface area contributed by atoms with Gasteiger partial charge >= 0.3 is 0 Å². The van der Waals surface area contributed by atoms with Crippen LogP contribution in [0.1, 0.15) is 12.8 Å². The molecule has 20 heavy (non-hydrogen) atoms. The summed E-state index contributed by atoms with van der Waals surface area (Å²) in [5.74, 6) is 0.817. The first-order chi connectivity index (χ1) is 9.79. The number of hydrogen-bond acceptors (Lipinski definition) is 5. The standard InChI is InChI=1S/C14H14N6/c15-10-5-9(6-16-7-10)12-8-20-4-3-17-14(20)13(19-12)18-11-1-2-11/h3-8,11H,1-2,15H2,(H,18,19). The fourth-order valence-electron chi connectivity index (χ4n) is 2.19. The molecule has 100 valence electrons. The SMILES string of the molecule is Nc1cncc(-c2cn3ccnc3c(NC3CC3)n2)c1. The van der Waals surface area contributed by atoms with E-state index in [2.05, 4.69) is 20.3 Å². The van der Waals surface area contributed by atoms with Gasteiger partial charge in [-0.2, -0.15) is 0 Å². The zero-order valence-electron chi connectivity index (χ0n) is 10.8. The summed E-state index contributed by atoms with van der Waals surface area (Å²) < 4.78 is 1.97. The Morgan fingerprint density at radius 1 is 1.30 bits per heavy atom. The van der Waals surface area contributed by atoms with Crippen LogP contribution in [0.25, 0.3) is 16.9 Å². The number of pyridine rings is 1. The highest BCUT2D eigenvalue weighted by Gasteiger charge is 2.23. The van der Waals surface area contributed by atoms with E-state index in [1.807, 2.05) is 22.9 Å². The van der Waals surface area contributed by atoms with Crippen LogP contribution >= 0.6 is 0 Å². The van der Waals surface area contributed by atoms with Crippen LogP contribution in [-0.4, -0.2) is 25.4 Å². The number of nitrogens with one attached hydrogen (secondary N) is 1. The minimum Gasteiger partial charge on any atom is -0.397 e. The van der Waals surface area contributed by atoms with E-state index in [0.717, 1.165) is 22.7 Å². The van der Waals surface area contributed by atoms with Crippen LogP contribution in [0.15, 0.2) is 37.1 Å². The minimum absolute atomic E-state index is 0.525. The molecule has 0 unspecified atom stereocenters. The molecular formula is C14H14N6. The van der Waals surface area contributed by atoms with E-state index in [1.54, 1.807) is 18.6 Å². The van der Waals surface area contributed by atoms with Crippen molar-refractivity contribution < 1.29 is 0 Å². The Bertz CT molecular complexity index is 774. The number of fused-ring (bicyclic) bond motifs is 1. The number of imidazole rings is 1. The molecule has 0 aliphatic heterocycles. The lowest BCUT2D eigenvalue weighted by Gasteiger charge is -2.09. The van der Waals surface area contributed by atoms with Crippen molar-refractivity contribution in [2.45, 2.75) is 18.9 Å². The summed E-state index contributed by atoms with van der Waals surface area (Å²) in [7, 11) is 0. The molecule has 0 bridgehead atoms. The fourth-order valence-corrected chi connectivity index (χ4v) is 2.19. The third-order valence-electron chi connectivity index (χ3n) is 3.35. The third-order valence-corrected chi connectivity index (χ3v) is 3.35. The number of nitrogens with zero attached hydrogens (tertiary/aromatic N) is 4. The summed E-state index contributed by atoms with van der Waals surface area (Å²) in [6.07, 6.45) is 11.4. The van der Waals surface area contributed by atoms with Gasteiger partial charge in [0.2, 0.25) is 0 Å². The Balaban J connectivity index is 1.86. The van der Waals surface area contributed by atoms with Gasteiger partial charge in [0, 0.05) is 42.6 Å². The van der Waals surface area contributed by atoms with Gasteiger partial charge in [-0.1, -0.05) is 0 Å². The van der Waals surface area contributed by atoms with Gasteiger partial charge in [-0.05, 0) is 18.9 Å². The molecule has 1 fully saturated rings. The van der Waals surface area contributed by atoms with Crippen molar-refractivity contribution in [1.82, 2.24) is 19.4 Å². The van der Waals surface area contributed by atoms with Gasteiger partial charge in [0.25, 0.3) is 0 Å². The molecule has 0 radical (unpaired) electrons. The van der Waals surface area contributed by atoms with Crippen LogP contribution in [0.5, 0.6) is 0 Å². The first kappa shape index (κ1) is 11.2. The van der Waals surface area contributed by atoms with E-state index in [9.17, 15) is 0 Å². The van der Waals surface area contributed by atoms with Gasteiger partial charge in [-0.3, -0.25) is 4.98 Å². The van der Waals surface area contributed by atoms with E-state index in [-0.39, 0.29) is 0 Å². The van der Waals surface area contributed by atoms with Gasteiger partial charge < -0.3 is 15.5 Å². The number of nitrogen functional groups attached to an aromatic ring is 1. The van der Waals surface area contributed by atoms with E-state index in [4.69, 9.17) is 5.73 Å². The number of rotatable bonds is 3. The van der Waals surface area contributed by atoms with E-state index in [0.29, 0.717) is 11.7 Å².